The molecule has 1 N–H and O–H groups in total. The van der Waals surface area contributed by atoms with E-state index in [1.807, 2.05) is 49.4 Å². The van der Waals surface area contributed by atoms with Crippen LogP contribution in [0.15, 0.2) is 47.3 Å². The molecule has 0 atom stereocenters. The summed E-state index contributed by atoms with van der Waals surface area (Å²) in [6.07, 6.45) is 2.05. The van der Waals surface area contributed by atoms with Crippen molar-refractivity contribution in [1.29, 1.82) is 0 Å². The molecule has 2 aromatic carbocycles. The van der Waals surface area contributed by atoms with Gasteiger partial charge in [0, 0.05) is 6.42 Å². The first-order valence-corrected chi connectivity index (χ1v) is 10.2. The Morgan fingerprint density at radius 2 is 1.83 bits per heavy atom. The van der Waals surface area contributed by atoms with Crippen LogP contribution in [0.3, 0.4) is 0 Å². The maximum absolute atomic E-state index is 12.8. The van der Waals surface area contributed by atoms with Gasteiger partial charge in [-0.3, -0.25) is 4.79 Å². The molecule has 1 aromatic heterocycles. The van der Waals surface area contributed by atoms with Crippen molar-refractivity contribution in [2.24, 2.45) is 0 Å². The van der Waals surface area contributed by atoms with Gasteiger partial charge in [0.1, 0.15) is 11.4 Å². The highest BCUT2D eigenvalue weighted by Crippen LogP contribution is 2.22. The van der Waals surface area contributed by atoms with Gasteiger partial charge < -0.3 is 14.5 Å². The van der Waals surface area contributed by atoms with E-state index >= 15 is 0 Å². The molecule has 0 fully saturated rings. The number of aromatic nitrogens is 2. The number of carbonyl (C=O) groups is 1. The maximum atomic E-state index is 12.8. The van der Waals surface area contributed by atoms with Crippen molar-refractivity contribution >= 4 is 16.7 Å². The Hall–Kier alpha value is -3.15. The SMILES string of the molecule is CCCCOc1c(C(=O)OC(C)(C)C)nc(Cc2cccc3ccccc23)[nH]c1=O. The van der Waals surface area contributed by atoms with Crippen LogP contribution in [0.2, 0.25) is 0 Å². The normalized spacial score (nSPS) is 11.5. The molecule has 0 radical (unpaired) electrons. The number of unbranched alkanes of at least 4 members (excludes halogenated alkanes) is 1. The zero-order valence-corrected chi connectivity index (χ0v) is 18.0. The molecular formula is C24H28N2O4. The van der Waals surface area contributed by atoms with Gasteiger partial charge >= 0.3 is 5.97 Å². The van der Waals surface area contributed by atoms with Gasteiger partial charge in [0.05, 0.1) is 6.61 Å². The topological polar surface area (TPSA) is 81.3 Å². The molecule has 3 rings (SSSR count). The van der Waals surface area contributed by atoms with Crippen LogP contribution in [0.5, 0.6) is 5.75 Å². The molecule has 0 aliphatic heterocycles. The van der Waals surface area contributed by atoms with Crippen molar-refractivity contribution in [2.75, 3.05) is 6.61 Å². The summed E-state index contributed by atoms with van der Waals surface area (Å²) < 4.78 is 11.1. The number of hydrogen-bond donors (Lipinski definition) is 1. The summed E-state index contributed by atoms with van der Waals surface area (Å²) in [7, 11) is 0. The van der Waals surface area contributed by atoms with Crippen LogP contribution in [-0.2, 0) is 11.2 Å². The van der Waals surface area contributed by atoms with Crippen LogP contribution in [0, 0.1) is 0 Å². The Morgan fingerprint density at radius 3 is 2.57 bits per heavy atom. The van der Waals surface area contributed by atoms with Crippen molar-refractivity contribution in [1.82, 2.24) is 9.97 Å². The number of benzene rings is 2. The van der Waals surface area contributed by atoms with E-state index in [0.29, 0.717) is 18.9 Å². The lowest BCUT2D eigenvalue weighted by molar-refractivity contribution is 0.00576. The highest BCUT2D eigenvalue weighted by Gasteiger charge is 2.25. The number of H-pyrrole nitrogens is 1. The first-order chi connectivity index (χ1) is 14.3. The lowest BCUT2D eigenvalue weighted by atomic mass is 10.0. The quantitative estimate of drug-likeness (QED) is 0.455. The fourth-order valence-corrected chi connectivity index (χ4v) is 3.14. The largest absolute Gasteiger partial charge is 0.486 e. The molecule has 1 heterocycles. The van der Waals surface area contributed by atoms with E-state index in [2.05, 4.69) is 9.97 Å². The van der Waals surface area contributed by atoms with Gasteiger partial charge in [0.2, 0.25) is 5.75 Å². The second kappa shape index (κ2) is 9.11. The first kappa shape index (κ1) is 21.6. The number of fused-ring (bicyclic) bond motifs is 1. The van der Waals surface area contributed by atoms with Gasteiger partial charge in [-0.05, 0) is 43.5 Å². The van der Waals surface area contributed by atoms with Gasteiger partial charge in [0.15, 0.2) is 5.69 Å². The Bertz CT molecular complexity index is 1090. The maximum Gasteiger partial charge on any atom is 0.361 e. The number of aromatic amines is 1. The number of esters is 1. The number of hydrogen-bond acceptors (Lipinski definition) is 5. The average Bonchev–Trinajstić information content (AvgIpc) is 2.68. The van der Waals surface area contributed by atoms with Crippen LogP contribution in [-0.4, -0.2) is 28.1 Å². The Balaban J connectivity index is 2.01. The van der Waals surface area contributed by atoms with Crippen molar-refractivity contribution in [2.45, 2.75) is 52.6 Å². The number of nitrogens with zero attached hydrogens (tertiary/aromatic N) is 1. The standard InChI is InChI=1S/C24H28N2O4/c1-5-6-14-29-21-20(23(28)30-24(2,3)4)25-19(26-22(21)27)15-17-12-9-11-16-10-7-8-13-18(16)17/h7-13H,5-6,14-15H2,1-4H3,(H,25,26,27). The van der Waals surface area contributed by atoms with Crippen molar-refractivity contribution < 1.29 is 14.3 Å². The number of rotatable bonds is 7. The second-order valence-electron chi connectivity index (χ2n) is 8.21. The Labute approximate surface area is 176 Å². The molecule has 3 aromatic rings. The predicted molar refractivity (Wildman–Crippen MR) is 117 cm³/mol. The molecular weight excluding hydrogens is 380 g/mol. The fourth-order valence-electron chi connectivity index (χ4n) is 3.14. The summed E-state index contributed by atoms with van der Waals surface area (Å²) in [6, 6.07) is 14.0. The summed E-state index contributed by atoms with van der Waals surface area (Å²) in [5, 5.41) is 2.17. The highest BCUT2D eigenvalue weighted by molar-refractivity contribution is 5.90. The van der Waals surface area contributed by atoms with Crippen LogP contribution in [0.25, 0.3) is 10.8 Å². The van der Waals surface area contributed by atoms with Gasteiger partial charge in [-0.15, -0.1) is 0 Å². The lowest BCUT2D eigenvalue weighted by Crippen LogP contribution is -2.28. The minimum Gasteiger partial charge on any atom is -0.486 e. The predicted octanol–water partition coefficient (Wildman–Crippen LogP) is 4.65. The molecule has 0 spiro atoms. The zero-order valence-electron chi connectivity index (χ0n) is 18.0. The highest BCUT2D eigenvalue weighted by atomic mass is 16.6. The van der Waals surface area contributed by atoms with Gasteiger partial charge in [-0.25, -0.2) is 9.78 Å². The summed E-state index contributed by atoms with van der Waals surface area (Å²) in [5.41, 5.74) is -0.263. The molecule has 0 aliphatic carbocycles. The van der Waals surface area contributed by atoms with Gasteiger partial charge in [-0.1, -0.05) is 55.8 Å². The molecule has 158 valence electrons. The average molecular weight is 408 g/mol. The zero-order chi connectivity index (χ0) is 21.7. The minimum absolute atomic E-state index is 0.0833. The Morgan fingerprint density at radius 1 is 1.10 bits per heavy atom. The summed E-state index contributed by atoms with van der Waals surface area (Å²) in [4.78, 5) is 32.7. The van der Waals surface area contributed by atoms with E-state index in [0.717, 1.165) is 29.2 Å². The van der Waals surface area contributed by atoms with Crippen LogP contribution < -0.4 is 10.3 Å². The second-order valence-corrected chi connectivity index (χ2v) is 8.21. The third kappa shape index (κ3) is 5.26. The van der Waals surface area contributed by atoms with Crippen molar-refractivity contribution in [3.05, 3.63) is 69.9 Å². The fraction of sp³-hybridized carbons (Fsp3) is 0.375. The molecule has 0 bridgehead atoms. The summed E-state index contributed by atoms with van der Waals surface area (Å²) >= 11 is 0. The first-order valence-electron chi connectivity index (χ1n) is 10.2. The number of ether oxygens (including phenoxy) is 2. The Kier molecular flexibility index (Phi) is 6.55. The molecule has 6 heteroatoms. The van der Waals surface area contributed by atoms with Crippen LogP contribution in [0.1, 0.15) is 62.4 Å². The third-order valence-electron chi connectivity index (χ3n) is 4.50. The van der Waals surface area contributed by atoms with E-state index in [1.165, 1.54) is 0 Å². The molecule has 0 unspecified atom stereocenters. The number of nitrogens with one attached hydrogen (secondary N) is 1. The van der Waals surface area contributed by atoms with E-state index in [1.54, 1.807) is 20.8 Å². The van der Waals surface area contributed by atoms with E-state index in [4.69, 9.17) is 9.47 Å². The van der Waals surface area contributed by atoms with Gasteiger partial charge in [0.25, 0.3) is 5.56 Å². The molecule has 0 amide bonds. The van der Waals surface area contributed by atoms with Crippen LogP contribution >= 0.6 is 0 Å². The van der Waals surface area contributed by atoms with Gasteiger partial charge in [-0.2, -0.15) is 0 Å². The third-order valence-corrected chi connectivity index (χ3v) is 4.50. The monoisotopic (exact) mass is 408 g/mol. The molecule has 6 nitrogen and oxygen atoms in total. The molecule has 0 aliphatic rings. The van der Waals surface area contributed by atoms with E-state index < -0.39 is 17.1 Å². The van der Waals surface area contributed by atoms with E-state index in [-0.39, 0.29) is 11.4 Å². The molecule has 30 heavy (non-hydrogen) atoms. The van der Waals surface area contributed by atoms with Crippen molar-refractivity contribution in [3.8, 4) is 5.75 Å². The summed E-state index contributed by atoms with van der Waals surface area (Å²) in [5.74, 6) is -0.362. The summed E-state index contributed by atoms with van der Waals surface area (Å²) in [6.45, 7) is 7.67. The molecule has 0 saturated carbocycles. The lowest BCUT2D eigenvalue weighted by Gasteiger charge is -2.20. The van der Waals surface area contributed by atoms with Crippen LogP contribution in [0.4, 0.5) is 0 Å². The van der Waals surface area contributed by atoms with E-state index in [9.17, 15) is 9.59 Å². The number of carbonyl (C=O) groups excluding carboxylic acids is 1. The smallest absolute Gasteiger partial charge is 0.361 e. The molecule has 0 saturated heterocycles. The van der Waals surface area contributed by atoms with Crippen molar-refractivity contribution in [3.63, 3.8) is 0 Å². The minimum atomic E-state index is -0.710.